The van der Waals surface area contributed by atoms with E-state index in [0.29, 0.717) is 37.4 Å². The lowest BCUT2D eigenvalue weighted by Gasteiger charge is -2.06. The first kappa shape index (κ1) is 18.5. The molecule has 0 saturated heterocycles. The third-order valence-corrected chi connectivity index (χ3v) is 4.29. The first-order chi connectivity index (χ1) is 13.2. The maximum atomic E-state index is 12.0. The summed E-state index contributed by atoms with van der Waals surface area (Å²) >= 11 is 0. The highest BCUT2D eigenvalue weighted by Crippen LogP contribution is 2.21. The van der Waals surface area contributed by atoms with Crippen LogP contribution in [0.3, 0.4) is 0 Å². The molecule has 0 unspecified atom stereocenters. The van der Waals surface area contributed by atoms with Gasteiger partial charge in [-0.05, 0) is 35.7 Å². The number of carbonyl (C=O) groups is 1. The van der Waals surface area contributed by atoms with Crippen LogP contribution in [-0.4, -0.2) is 42.0 Å². The Morgan fingerprint density at radius 3 is 2.96 bits per heavy atom. The minimum atomic E-state index is -0.00721. The number of methoxy groups -OCH3 is 1. The van der Waals surface area contributed by atoms with Crippen LogP contribution in [0.25, 0.3) is 10.9 Å². The second-order valence-electron chi connectivity index (χ2n) is 6.13. The van der Waals surface area contributed by atoms with E-state index in [0.717, 1.165) is 5.52 Å². The van der Waals surface area contributed by atoms with Gasteiger partial charge in [-0.3, -0.25) is 9.79 Å². The second kappa shape index (κ2) is 8.89. The van der Waals surface area contributed by atoms with Crippen LogP contribution < -0.4 is 10.1 Å². The number of aromatic hydroxyl groups is 1. The van der Waals surface area contributed by atoms with Crippen LogP contribution in [-0.2, 0) is 11.3 Å². The Labute approximate surface area is 158 Å². The molecule has 0 saturated carbocycles. The van der Waals surface area contributed by atoms with Gasteiger partial charge in [0.1, 0.15) is 11.5 Å². The lowest BCUT2D eigenvalue weighted by atomic mass is 10.2. The summed E-state index contributed by atoms with van der Waals surface area (Å²) in [5.74, 6) is 0.787. The number of benzene rings is 2. The summed E-state index contributed by atoms with van der Waals surface area (Å²) in [4.78, 5) is 16.3. The number of rotatable bonds is 8. The predicted molar refractivity (Wildman–Crippen MR) is 107 cm³/mol. The summed E-state index contributed by atoms with van der Waals surface area (Å²) in [6.45, 7) is 1.53. The van der Waals surface area contributed by atoms with Gasteiger partial charge >= 0.3 is 0 Å². The van der Waals surface area contributed by atoms with E-state index in [1.165, 1.54) is 5.39 Å². The number of hydrogen-bond acceptors (Lipinski definition) is 4. The zero-order chi connectivity index (χ0) is 19.1. The van der Waals surface area contributed by atoms with Crippen LogP contribution in [0.4, 0.5) is 0 Å². The fourth-order valence-corrected chi connectivity index (χ4v) is 2.83. The molecule has 0 aliphatic rings. The first-order valence-electron chi connectivity index (χ1n) is 8.85. The molecule has 6 heteroatoms. The Morgan fingerprint density at radius 1 is 1.26 bits per heavy atom. The number of amides is 1. The minimum Gasteiger partial charge on any atom is -0.507 e. The van der Waals surface area contributed by atoms with Crippen molar-refractivity contribution >= 4 is 23.0 Å². The molecule has 0 bridgehead atoms. The van der Waals surface area contributed by atoms with Crippen LogP contribution >= 0.6 is 0 Å². The summed E-state index contributed by atoms with van der Waals surface area (Å²) in [5, 5.41) is 13.8. The summed E-state index contributed by atoms with van der Waals surface area (Å²) < 4.78 is 7.20. The number of aryl methyl sites for hydroxylation is 1. The SMILES string of the molecule is COc1ccc(O)c(C=NCCNC(=O)CCn2ccc3ccccc32)c1. The summed E-state index contributed by atoms with van der Waals surface area (Å²) in [6.07, 6.45) is 4.00. The van der Waals surface area contributed by atoms with E-state index in [1.54, 1.807) is 31.5 Å². The lowest BCUT2D eigenvalue weighted by molar-refractivity contribution is -0.121. The molecule has 0 spiro atoms. The van der Waals surface area contributed by atoms with E-state index in [2.05, 4.69) is 33.1 Å². The number of fused-ring (bicyclic) bond motifs is 1. The maximum Gasteiger partial charge on any atom is 0.221 e. The fourth-order valence-electron chi connectivity index (χ4n) is 2.83. The van der Waals surface area contributed by atoms with Crippen molar-refractivity contribution in [3.63, 3.8) is 0 Å². The number of hydrogen-bond donors (Lipinski definition) is 2. The van der Waals surface area contributed by atoms with Gasteiger partial charge in [0, 0.05) is 43.0 Å². The lowest BCUT2D eigenvalue weighted by Crippen LogP contribution is -2.26. The number of para-hydroxylation sites is 1. The summed E-state index contributed by atoms with van der Waals surface area (Å²) in [6, 6.07) is 15.1. The van der Waals surface area contributed by atoms with Gasteiger partial charge in [-0.25, -0.2) is 0 Å². The van der Waals surface area contributed by atoms with Crippen molar-refractivity contribution < 1.29 is 14.6 Å². The van der Waals surface area contributed by atoms with E-state index in [4.69, 9.17) is 4.74 Å². The van der Waals surface area contributed by atoms with Gasteiger partial charge in [-0.15, -0.1) is 0 Å². The highest BCUT2D eigenvalue weighted by atomic mass is 16.5. The van der Waals surface area contributed by atoms with Crippen LogP contribution in [0.2, 0.25) is 0 Å². The van der Waals surface area contributed by atoms with Crippen molar-refractivity contribution in [2.24, 2.45) is 4.99 Å². The molecule has 3 aromatic rings. The molecule has 2 N–H and O–H groups in total. The van der Waals surface area contributed by atoms with Crippen molar-refractivity contribution in [2.45, 2.75) is 13.0 Å². The zero-order valence-corrected chi connectivity index (χ0v) is 15.3. The largest absolute Gasteiger partial charge is 0.507 e. The van der Waals surface area contributed by atoms with Gasteiger partial charge in [-0.1, -0.05) is 18.2 Å². The van der Waals surface area contributed by atoms with Crippen molar-refractivity contribution in [2.75, 3.05) is 20.2 Å². The Bertz CT molecular complexity index is 947. The van der Waals surface area contributed by atoms with Crippen molar-refractivity contribution in [3.8, 4) is 11.5 Å². The molecule has 0 atom stereocenters. The average molecular weight is 365 g/mol. The molecule has 3 rings (SSSR count). The van der Waals surface area contributed by atoms with Crippen LogP contribution in [0.15, 0.2) is 59.7 Å². The molecule has 1 aromatic heterocycles. The summed E-state index contributed by atoms with van der Waals surface area (Å²) in [7, 11) is 1.57. The molecule has 0 aliphatic heterocycles. The Morgan fingerprint density at radius 2 is 2.11 bits per heavy atom. The average Bonchev–Trinajstić information content (AvgIpc) is 3.10. The number of ether oxygens (including phenoxy) is 1. The van der Waals surface area contributed by atoms with Crippen molar-refractivity contribution in [1.29, 1.82) is 0 Å². The molecule has 1 heterocycles. The van der Waals surface area contributed by atoms with Crippen molar-refractivity contribution in [1.82, 2.24) is 9.88 Å². The molecule has 0 radical (unpaired) electrons. The standard InChI is InChI=1S/C21H23N3O3/c1-27-18-6-7-20(25)17(14-18)15-22-10-11-23-21(26)9-13-24-12-8-16-4-2-3-5-19(16)24/h2-8,12,14-15,25H,9-11,13H2,1H3,(H,23,26). The molecule has 2 aromatic carbocycles. The summed E-state index contributed by atoms with van der Waals surface area (Å²) in [5.41, 5.74) is 1.72. The van der Waals surface area contributed by atoms with Gasteiger partial charge in [0.05, 0.1) is 13.7 Å². The maximum absolute atomic E-state index is 12.0. The Kier molecular flexibility index (Phi) is 6.10. The minimum absolute atomic E-state index is 0.00721. The number of nitrogens with zero attached hydrogens (tertiary/aromatic N) is 2. The number of nitrogens with one attached hydrogen (secondary N) is 1. The number of aromatic nitrogens is 1. The van der Waals surface area contributed by atoms with Crippen molar-refractivity contribution in [3.05, 3.63) is 60.3 Å². The third kappa shape index (κ3) is 4.88. The topological polar surface area (TPSA) is 75.8 Å². The Balaban J connectivity index is 1.42. The number of phenolic OH excluding ortho intramolecular Hbond substituents is 1. The molecule has 27 heavy (non-hydrogen) atoms. The Hall–Kier alpha value is -3.28. The first-order valence-corrected chi connectivity index (χ1v) is 8.85. The monoisotopic (exact) mass is 365 g/mol. The highest BCUT2D eigenvalue weighted by Gasteiger charge is 2.04. The molecule has 1 amide bonds. The fraction of sp³-hybridized carbons (Fsp3) is 0.238. The van der Waals surface area contributed by atoms with Crippen LogP contribution in [0.5, 0.6) is 11.5 Å². The predicted octanol–water partition coefficient (Wildman–Crippen LogP) is 2.98. The third-order valence-electron chi connectivity index (χ3n) is 4.29. The van der Waals surface area contributed by atoms with Crippen LogP contribution in [0, 0.1) is 0 Å². The van der Waals surface area contributed by atoms with Gasteiger partial charge < -0.3 is 19.7 Å². The van der Waals surface area contributed by atoms with Gasteiger partial charge in [-0.2, -0.15) is 0 Å². The van der Waals surface area contributed by atoms with Gasteiger partial charge in [0.2, 0.25) is 5.91 Å². The molecular formula is C21H23N3O3. The van der Waals surface area contributed by atoms with Gasteiger partial charge in [0.15, 0.2) is 0 Å². The second-order valence-corrected chi connectivity index (χ2v) is 6.13. The molecular weight excluding hydrogens is 342 g/mol. The molecule has 6 nitrogen and oxygen atoms in total. The number of carbonyl (C=O) groups excluding carboxylic acids is 1. The van der Waals surface area contributed by atoms with E-state index in [1.807, 2.05) is 18.3 Å². The zero-order valence-electron chi connectivity index (χ0n) is 15.3. The van der Waals surface area contributed by atoms with E-state index in [-0.39, 0.29) is 11.7 Å². The number of phenols is 1. The van der Waals surface area contributed by atoms with Crippen LogP contribution in [0.1, 0.15) is 12.0 Å². The van der Waals surface area contributed by atoms with E-state index < -0.39 is 0 Å². The van der Waals surface area contributed by atoms with E-state index in [9.17, 15) is 9.90 Å². The normalized spacial score (nSPS) is 11.1. The quantitative estimate of drug-likeness (QED) is 0.476. The number of aliphatic imine (C=N–C) groups is 1. The molecule has 140 valence electrons. The molecule has 0 aliphatic carbocycles. The smallest absolute Gasteiger partial charge is 0.221 e. The highest BCUT2D eigenvalue weighted by molar-refractivity contribution is 5.84. The molecule has 0 fully saturated rings. The van der Waals surface area contributed by atoms with Gasteiger partial charge in [0.25, 0.3) is 0 Å². The van der Waals surface area contributed by atoms with E-state index >= 15 is 0 Å².